The number of aliphatic imine (C=N–C) groups is 1. The van der Waals surface area contributed by atoms with Crippen LogP contribution in [-0.4, -0.2) is 53.5 Å². The summed E-state index contributed by atoms with van der Waals surface area (Å²) >= 11 is 0. The summed E-state index contributed by atoms with van der Waals surface area (Å²) in [5.41, 5.74) is 1.08. The molecule has 0 amide bonds. The average molecular weight is 448 g/mol. The number of guanidine groups is 1. The van der Waals surface area contributed by atoms with Gasteiger partial charge in [0.05, 0.1) is 24.9 Å². The van der Waals surface area contributed by atoms with Gasteiger partial charge in [0.25, 0.3) is 0 Å². The molecular weight excluding hydrogens is 414 g/mol. The minimum Gasteiger partial charge on any atom is -0.493 e. The SMILES string of the molecule is CCNC(=NCCc1ccc(OC)c(OC)c1)NC(CC)CS(=O)(=O)c1ccccc1. The van der Waals surface area contributed by atoms with Crippen molar-refractivity contribution in [2.24, 2.45) is 4.99 Å². The van der Waals surface area contributed by atoms with E-state index in [-0.39, 0.29) is 11.8 Å². The second kappa shape index (κ2) is 12.2. The van der Waals surface area contributed by atoms with Crippen molar-refractivity contribution in [3.05, 3.63) is 54.1 Å². The van der Waals surface area contributed by atoms with E-state index in [0.717, 1.165) is 12.0 Å². The van der Waals surface area contributed by atoms with Crippen LogP contribution in [0.15, 0.2) is 58.4 Å². The number of nitrogens with zero attached hydrogens (tertiary/aromatic N) is 1. The smallest absolute Gasteiger partial charge is 0.191 e. The molecule has 0 fully saturated rings. The van der Waals surface area contributed by atoms with E-state index in [1.54, 1.807) is 38.5 Å². The fourth-order valence-electron chi connectivity index (χ4n) is 3.10. The first-order valence-electron chi connectivity index (χ1n) is 10.5. The molecule has 1 unspecified atom stereocenters. The second-order valence-corrected chi connectivity index (χ2v) is 9.08. The van der Waals surface area contributed by atoms with E-state index in [1.165, 1.54) is 0 Å². The number of ether oxygens (including phenoxy) is 2. The fraction of sp³-hybridized carbons (Fsp3) is 0.435. The van der Waals surface area contributed by atoms with Gasteiger partial charge in [-0.15, -0.1) is 0 Å². The molecule has 0 heterocycles. The molecule has 7 nitrogen and oxygen atoms in total. The highest BCUT2D eigenvalue weighted by Gasteiger charge is 2.21. The Morgan fingerprint density at radius 3 is 2.35 bits per heavy atom. The van der Waals surface area contributed by atoms with Gasteiger partial charge in [-0.25, -0.2) is 8.42 Å². The van der Waals surface area contributed by atoms with Crippen molar-refractivity contribution < 1.29 is 17.9 Å². The Balaban J connectivity index is 2.04. The van der Waals surface area contributed by atoms with Crippen molar-refractivity contribution in [1.82, 2.24) is 10.6 Å². The minimum absolute atomic E-state index is 0.00755. The summed E-state index contributed by atoms with van der Waals surface area (Å²) in [6, 6.07) is 14.1. The molecule has 0 aromatic heterocycles. The van der Waals surface area contributed by atoms with Crippen molar-refractivity contribution in [3.8, 4) is 11.5 Å². The van der Waals surface area contributed by atoms with Crippen molar-refractivity contribution in [3.63, 3.8) is 0 Å². The summed E-state index contributed by atoms with van der Waals surface area (Å²) in [6.07, 6.45) is 1.38. The molecule has 0 saturated carbocycles. The molecule has 2 aromatic rings. The Morgan fingerprint density at radius 1 is 1.03 bits per heavy atom. The van der Waals surface area contributed by atoms with E-state index in [1.807, 2.05) is 38.1 Å². The largest absolute Gasteiger partial charge is 0.493 e. The highest BCUT2D eigenvalue weighted by molar-refractivity contribution is 7.91. The molecule has 0 aliphatic heterocycles. The maximum atomic E-state index is 12.7. The predicted molar refractivity (Wildman–Crippen MR) is 125 cm³/mol. The zero-order valence-corrected chi connectivity index (χ0v) is 19.5. The summed E-state index contributed by atoms with van der Waals surface area (Å²) in [7, 11) is -0.159. The maximum Gasteiger partial charge on any atom is 0.191 e. The van der Waals surface area contributed by atoms with Gasteiger partial charge in [-0.3, -0.25) is 4.99 Å². The molecule has 0 radical (unpaired) electrons. The first-order valence-corrected chi connectivity index (χ1v) is 12.1. The number of sulfone groups is 1. The van der Waals surface area contributed by atoms with Crippen LogP contribution in [0.4, 0.5) is 0 Å². The van der Waals surface area contributed by atoms with E-state index >= 15 is 0 Å². The van der Waals surface area contributed by atoms with Crippen molar-refractivity contribution in [2.75, 3.05) is 33.1 Å². The van der Waals surface area contributed by atoms with Gasteiger partial charge < -0.3 is 20.1 Å². The average Bonchev–Trinajstić information content (AvgIpc) is 2.79. The van der Waals surface area contributed by atoms with Gasteiger partial charge in [-0.05, 0) is 49.6 Å². The minimum atomic E-state index is -3.38. The third kappa shape index (κ3) is 7.47. The zero-order valence-electron chi connectivity index (χ0n) is 18.7. The molecule has 2 aromatic carbocycles. The number of hydrogen-bond acceptors (Lipinski definition) is 5. The van der Waals surface area contributed by atoms with Gasteiger partial charge in [0.2, 0.25) is 0 Å². The highest BCUT2D eigenvalue weighted by atomic mass is 32.2. The summed E-state index contributed by atoms with van der Waals surface area (Å²) in [5.74, 6) is 1.99. The first kappa shape index (κ1) is 24.5. The number of nitrogens with one attached hydrogen (secondary N) is 2. The topological polar surface area (TPSA) is 89.0 Å². The molecule has 2 N–H and O–H groups in total. The van der Waals surface area contributed by atoms with Crippen LogP contribution in [0.2, 0.25) is 0 Å². The molecule has 0 spiro atoms. The fourth-order valence-corrected chi connectivity index (χ4v) is 4.71. The molecule has 31 heavy (non-hydrogen) atoms. The third-order valence-electron chi connectivity index (χ3n) is 4.82. The van der Waals surface area contributed by atoms with Crippen molar-refractivity contribution in [2.45, 2.75) is 37.6 Å². The van der Waals surface area contributed by atoms with Crippen LogP contribution in [0.25, 0.3) is 0 Å². The molecule has 0 saturated heterocycles. The molecule has 0 aliphatic rings. The van der Waals surface area contributed by atoms with E-state index in [4.69, 9.17) is 9.47 Å². The zero-order chi connectivity index (χ0) is 22.7. The van der Waals surface area contributed by atoms with Crippen LogP contribution in [0.5, 0.6) is 11.5 Å². The van der Waals surface area contributed by atoms with Crippen molar-refractivity contribution >= 4 is 15.8 Å². The standard InChI is InChI=1S/C23H33N3O4S/c1-5-19(17-31(27,28)20-10-8-7-9-11-20)26-23(24-6-2)25-15-14-18-12-13-21(29-3)22(16-18)30-4/h7-13,16,19H,5-6,14-15,17H2,1-4H3,(H2,24,25,26). The Bertz CT molecular complexity index is 947. The Labute approximate surface area is 185 Å². The Hall–Kier alpha value is -2.74. The van der Waals surface area contributed by atoms with Crippen molar-refractivity contribution in [1.29, 1.82) is 0 Å². The lowest BCUT2D eigenvalue weighted by molar-refractivity contribution is 0.354. The quantitative estimate of drug-likeness (QED) is 0.407. The van der Waals surface area contributed by atoms with E-state index in [9.17, 15) is 8.42 Å². The van der Waals surface area contributed by atoms with Gasteiger partial charge in [0.1, 0.15) is 0 Å². The molecule has 2 rings (SSSR count). The van der Waals surface area contributed by atoms with Crippen LogP contribution >= 0.6 is 0 Å². The van der Waals surface area contributed by atoms with Crippen LogP contribution in [0.3, 0.4) is 0 Å². The normalized spacial score (nSPS) is 12.8. The van der Waals surface area contributed by atoms with Gasteiger partial charge >= 0.3 is 0 Å². The molecule has 0 bridgehead atoms. The highest BCUT2D eigenvalue weighted by Crippen LogP contribution is 2.27. The summed E-state index contributed by atoms with van der Waals surface area (Å²) in [4.78, 5) is 4.96. The first-order chi connectivity index (χ1) is 14.9. The lowest BCUT2D eigenvalue weighted by atomic mass is 10.1. The van der Waals surface area contributed by atoms with Crippen LogP contribution in [-0.2, 0) is 16.3 Å². The number of benzene rings is 2. The van der Waals surface area contributed by atoms with E-state index in [0.29, 0.717) is 41.9 Å². The molecule has 170 valence electrons. The monoisotopic (exact) mass is 447 g/mol. The van der Waals surface area contributed by atoms with Crippen LogP contribution < -0.4 is 20.1 Å². The molecular formula is C23H33N3O4S. The van der Waals surface area contributed by atoms with E-state index in [2.05, 4.69) is 15.6 Å². The summed E-state index contributed by atoms with van der Waals surface area (Å²) in [5, 5.41) is 6.47. The maximum absolute atomic E-state index is 12.7. The molecule has 8 heteroatoms. The summed E-state index contributed by atoms with van der Waals surface area (Å²) < 4.78 is 36.1. The van der Waals surface area contributed by atoms with Crippen LogP contribution in [0, 0.1) is 0 Å². The predicted octanol–water partition coefficient (Wildman–Crippen LogP) is 3.05. The third-order valence-corrected chi connectivity index (χ3v) is 6.65. The molecule has 1 atom stereocenters. The number of methoxy groups -OCH3 is 2. The lowest BCUT2D eigenvalue weighted by Gasteiger charge is -2.20. The summed E-state index contributed by atoms with van der Waals surface area (Å²) in [6.45, 7) is 5.18. The van der Waals surface area contributed by atoms with Crippen LogP contribution in [0.1, 0.15) is 25.8 Å². The van der Waals surface area contributed by atoms with Gasteiger partial charge in [-0.2, -0.15) is 0 Å². The number of rotatable bonds is 11. The Morgan fingerprint density at radius 2 is 1.74 bits per heavy atom. The van der Waals surface area contributed by atoms with E-state index < -0.39 is 9.84 Å². The lowest BCUT2D eigenvalue weighted by Crippen LogP contribution is -2.46. The number of hydrogen-bond donors (Lipinski definition) is 2. The van der Waals surface area contributed by atoms with Gasteiger partial charge in [0.15, 0.2) is 27.3 Å². The molecule has 0 aliphatic carbocycles. The van der Waals surface area contributed by atoms with Gasteiger partial charge in [-0.1, -0.05) is 31.2 Å². The van der Waals surface area contributed by atoms with Gasteiger partial charge in [0, 0.05) is 19.1 Å². The Kier molecular flexibility index (Phi) is 9.65. The second-order valence-electron chi connectivity index (χ2n) is 7.04.